The van der Waals surface area contributed by atoms with Crippen molar-refractivity contribution in [3.63, 3.8) is 0 Å². The number of rotatable bonds is 1. The van der Waals surface area contributed by atoms with E-state index in [1.54, 1.807) is 6.92 Å². The van der Waals surface area contributed by atoms with Gasteiger partial charge in [-0.05, 0) is 25.1 Å². The molecule has 1 aliphatic heterocycles. The van der Waals surface area contributed by atoms with Crippen molar-refractivity contribution in [1.29, 1.82) is 0 Å². The maximum absolute atomic E-state index is 12.9. The van der Waals surface area contributed by atoms with Gasteiger partial charge in [-0.1, -0.05) is 6.07 Å². The molecule has 0 aliphatic carbocycles. The second-order valence-electron chi connectivity index (χ2n) is 3.29. The first-order valence-corrected chi connectivity index (χ1v) is 4.42. The number of imide groups is 1. The number of carbonyl (C=O) groups is 2. The normalized spacial score (nSPS) is 15.9. The van der Waals surface area contributed by atoms with E-state index < -0.39 is 17.6 Å². The molecule has 0 bridgehead atoms. The fourth-order valence-corrected chi connectivity index (χ4v) is 1.45. The van der Waals surface area contributed by atoms with Crippen LogP contribution in [0.3, 0.4) is 0 Å². The molecule has 4 heteroatoms. The lowest BCUT2D eigenvalue weighted by atomic mass is 10.2. The van der Waals surface area contributed by atoms with Crippen LogP contribution in [0.1, 0.15) is 6.92 Å². The van der Waals surface area contributed by atoms with E-state index in [9.17, 15) is 14.0 Å². The molecule has 0 aromatic heterocycles. The number of halogens is 1. The van der Waals surface area contributed by atoms with Crippen LogP contribution < -0.4 is 4.90 Å². The van der Waals surface area contributed by atoms with E-state index in [1.165, 1.54) is 24.3 Å². The van der Waals surface area contributed by atoms with E-state index >= 15 is 0 Å². The molecular weight excluding hydrogens is 197 g/mol. The van der Waals surface area contributed by atoms with E-state index in [1.807, 2.05) is 0 Å². The SMILES string of the molecule is CC1=CC(=O)N(c2cccc(F)c2)C1=O. The molecule has 0 spiro atoms. The number of benzene rings is 1. The van der Waals surface area contributed by atoms with Gasteiger partial charge in [0.2, 0.25) is 0 Å². The number of hydrogen-bond donors (Lipinski definition) is 0. The predicted molar refractivity (Wildman–Crippen MR) is 52.7 cm³/mol. The number of nitrogens with zero attached hydrogens (tertiary/aromatic N) is 1. The molecule has 1 aromatic rings. The molecule has 0 atom stereocenters. The molecule has 0 fully saturated rings. The van der Waals surface area contributed by atoms with Crippen molar-refractivity contribution in [2.45, 2.75) is 6.92 Å². The molecule has 0 unspecified atom stereocenters. The second kappa shape index (κ2) is 3.31. The van der Waals surface area contributed by atoms with Crippen molar-refractivity contribution in [3.05, 3.63) is 41.7 Å². The molecule has 1 aliphatic rings. The number of amides is 2. The molecule has 2 amide bonds. The largest absolute Gasteiger partial charge is 0.269 e. The summed E-state index contributed by atoms with van der Waals surface area (Å²) >= 11 is 0. The predicted octanol–water partition coefficient (Wildman–Crippen LogP) is 1.65. The summed E-state index contributed by atoms with van der Waals surface area (Å²) in [6, 6.07) is 5.39. The standard InChI is InChI=1S/C11H8FNO2/c1-7-5-10(14)13(11(7)15)9-4-2-3-8(12)6-9/h2-6H,1H3. The Morgan fingerprint density at radius 3 is 2.53 bits per heavy atom. The first-order chi connectivity index (χ1) is 7.09. The monoisotopic (exact) mass is 205 g/mol. The highest BCUT2D eigenvalue weighted by Gasteiger charge is 2.29. The Morgan fingerprint density at radius 2 is 2.00 bits per heavy atom. The topological polar surface area (TPSA) is 37.4 Å². The highest BCUT2D eigenvalue weighted by molar-refractivity contribution is 6.30. The summed E-state index contributed by atoms with van der Waals surface area (Å²) in [4.78, 5) is 23.9. The van der Waals surface area contributed by atoms with Gasteiger partial charge in [-0.15, -0.1) is 0 Å². The lowest BCUT2D eigenvalue weighted by Crippen LogP contribution is -2.30. The molecule has 1 heterocycles. The van der Waals surface area contributed by atoms with Gasteiger partial charge in [0.15, 0.2) is 0 Å². The Labute approximate surface area is 85.8 Å². The first-order valence-electron chi connectivity index (χ1n) is 4.42. The Balaban J connectivity index is 2.42. The van der Waals surface area contributed by atoms with Crippen LogP contribution in [0, 0.1) is 5.82 Å². The Bertz CT molecular complexity index is 479. The number of anilines is 1. The first kappa shape index (κ1) is 9.58. The van der Waals surface area contributed by atoms with Gasteiger partial charge < -0.3 is 0 Å². The summed E-state index contributed by atoms with van der Waals surface area (Å²) in [5.41, 5.74) is 0.627. The Kier molecular flexibility index (Phi) is 2.11. The summed E-state index contributed by atoms with van der Waals surface area (Å²) < 4.78 is 12.9. The molecule has 3 nitrogen and oxygen atoms in total. The molecule has 15 heavy (non-hydrogen) atoms. The lowest BCUT2D eigenvalue weighted by Gasteiger charge is -2.13. The molecule has 0 radical (unpaired) electrons. The van der Waals surface area contributed by atoms with E-state index in [0.717, 1.165) is 11.0 Å². The third kappa shape index (κ3) is 1.54. The maximum Gasteiger partial charge on any atom is 0.261 e. The molecule has 0 N–H and O–H groups in total. The van der Waals surface area contributed by atoms with Crippen molar-refractivity contribution in [1.82, 2.24) is 0 Å². The smallest absolute Gasteiger partial charge is 0.261 e. The van der Waals surface area contributed by atoms with Crippen molar-refractivity contribution >= 4 is 17.5 Å². The van der Waals surface area contributed by atoms with E-state index in [4.69, 9.17) is 0 Å². The van der Waals surface area contributed by atoms with Crippen molar-refractivity contribution in [2.24, 2.45) is 0 Å². The molecular formula is C11H8FNO2. The zero-order valence-electron chi connectivity index (χ0n) is 8.03. The average Bonchev–Trinajstić information content (AvgIpc) is 2.41. The fourth-order valence-electron chi connectivity index (χ4n) is 1.45. The highest BCUT2D eigenvalue weighted by Crippen LogP contribution is 2.22. The van der Waals surface area contributed by atoms with Gasteiger partial charge in [0.1, 0.15) is 5.82 Å². The molecule has 76 valence electrons. The molecule has 0 saturated heterocycles. The quantitative estimate of drug-likeness (QED) is 0.653. The van der Waals surface area contributed by atoms with Crippen LogP contribution in [0.25, 0.3) is 0 Å². The van der Waals surface area contributed by atoms with E-state index in [0.29, 0.717) is 5.57 Å². The minimum atomic E-state index is -0.474. The lowest BCUT2D eigenvalue weighted by molar-refractivity contribution is -0.120. The Morgan fingerprint density at radius 1 is 1.27 bits per heavy atom. The molecule has 2 rings (SSSR count). The minimum Gasteiger partial charge on any atom is -0.269 e. The zero-order chi connectivity index (χ0) is 11.0. The van der Waals surface area contributed by atoms with Crippen molar-refractivity contribution in [2.75, 3.05) is 4.90 Å². The maximum atomic E-state index is 12.9. The zero-order valence-corrected chi connectivity index (χ0v) is 8.03. The van der Waals surface area contributed by atoms with E-state index in [2.05, 4.69) is 0 Å². The third-order valence-corrected chi connectivity index (χ3v) is 2.17. The summed E-state index contributed by atoms with van der Waals surface area (Å²) in [5, 5.41) is 0. The Hall–Kier alpha value is -1.97. The van der Waals surface area contributed by atoms with E-state index in [-0.39, 0.29) is 5.69 Å². The number of carbonyl (C=O) groups excluding carboxylic acids is 2. The van der Waals surface area contributed by atoms with Crippen LogP contribution in [0.5, 0.6) is 0 Å². The van der Waals surface area contributed by atoms with Crippen LogP contribution in [-0.2, 0) is 9.59 Å². The van der Waals surface area contributed by atoms with Gasteiger partial charge in [0.25, 0.3) is 11.8 Å². The van der Waals surface area contributed by atoms with Gasteiger partial charge in [-0.3, -0.25) is 9.59 Å². The van der Waals surface area contributed by atoms with Crippen LogP contribution >= 0.6 is 0 Å². The fraction of sp³-hybridized carbons (Fsp3) is 0.0909. The van der Waals surface area contributed by atoms with Crippen LogP contribution in [0.4, 0.5) is 10.1 Å². The van der Waals surface area contributed by atoms with Gasteiger partial charge in [0, 0.05) is 11.6 Å². The van der Waals surface area contributed by atoms with Gasteiger partial charge >= 0.3 is 0 Å². The number of hydrogen-bond acceptors (Lipinski definition) is 2. The van der Waals surface area contributed by atoms with Gasteiger partial charge in [0.05, 0.1) is 5.69 Å². The highest BCUT2D eigenvalue weighted by atomic mass is 19.1. The summed E-state index contributed by atoms with van der Waals surface area (Å²) in [7, 11) is 0. The van der Waals surface area contributed by atoms with Crippen LogP contribution in [0.2, 0.25) is 0 Å². The average molecular weight is 205 g/mol. The van der Waals surface area contributed by atoms with Gasteiger partial charge in [-0.2, -0.15) is 0 Å². The van der Waals surface area contributed by atoms with Gasteiger partial charge in [-0.25, -0.2) is 9.29 Å². The second-order valence-corrected chi connectivity index (χ2v) is 3.29. The molecule has 0 saturated carbocycles. The summed E-state index contributed by atoms with van der Waals surface area (Å²) in [6.45, 7) is 1.56. The van der Waals surface area contributed by atoms with Crippen molar-refractivity contribution in [3.8, 4) is 0 Å². The summed E-state index contributed by atoms with van der Waals surface area (Å²) in [5.74, 6) is -1.30. The van der Waals surface area contributed by atoms with Crippen molar-refractivity contribution < 1.29 is 14.0 Å². The summed E-state index contributed by atoms with van der Waals surface area (Å²) in [6.07, 6.45) is 1.24. The third-order valence-electron chi connectivity index (χ3n) is 2.17. The van der Waals surface area contributed by atoms with Crippen LogP contribution in [0.15, 0.2) is 35.9 Å². The minimum absolute atomic E-state index is 0.262. The molecule has 1 aromatic carbocycles. The van der Waals surface area contributed by atoms with Crippen LogP contribution in [-0.4, -0.2) is 11.8 Å².